The molecule has 0 radical (unpaired) electrons. The second-order valence-corrected chi connectivity index (χ2v) is 15.0. The van der Waals surface area contributed by atoms with Crippen molar-refractivity contribution in [1.29, 1.82) is 0 Å². The molecule has 0 fully saturated rings. The predicted octanol–water partition coefficient (Wildman–Crippen LogP) is 14.5. The lowest BCUT2D eigenvalue weighted by molar-refractivity contribution is 0.624. The molecule has 0 aromatic heterocycles. The van der Waals surface area contributed by atoms with Crippen molar-refractivity contribution in [3.63, 3.8) is 0 Å². The minimum atomic E-state index is 0.565. The maximum atomic E-state index is 2.54. The van der Waals surface area contributed by atoms with Crippen molar-refractivity contribution in [1.82, 2.24) is 0 Å². The SMILES string of the molecule is C1=C2C(=CCC1)C1CCCc3cc(N(c4ccc(-c5cccc6ccccc56)cc4)c4cccc(-c5ccc6ccc7ccccc7c6c5)c4)cc2c31. The number of anilines is 3. The molecule has 1 unspecified atom stereocenters. The molecule has 3 aliphatic carbocycles. The van der Waals surface area contributed by atoms with Gasteiger partial charge in [-0.15, -0.1) is 0 Å². The predicted molar refractivity (Wildman–Crippen MR) is 225 cm³/mol. The number of nitrogens with zero attached hydrogens (tertiary/aromatic N) is 1. The first-order valence-electron chi connectivity index (χ1n) is 19.2. The van der Waals surface area contributed by atoms with Gasteiger partial charge in [0.05, 0.1) is 0 Å². The summed E-state index contributed by atoms with van der Waals surface area (Å²) in [4.78, 5) is 2.50. The van der Waals surface area contributed by atoms with Crippen LogP contribution in [0.25, 0.3) is 60.1 Å². The third-order valence-electron chi connectivity index (χ3n) is 12.1. The molecule has 0 aliphatic heterocycles. The molecule has 8 aromatic rings. The minimum Gasteiger partial charge on any atom is -0.310 e. The lowest BCUT2D eigenvalue weighted by Gasteiger charge is -2.29. The normalized spacial score (nSPS) is 16.0. The number of fused-ring (bicyclic) bond motifs is 7. The van der Waals surface area contributed by atoms with Gasteiger partial charge in [0.15, 0.2) is 0 Å². The average molecular weight is 678 g/mol. The van der Waals surface area contributed by atoms with E-state index < -0.39 is 0 Å². The molecule has 0 saturated carbocycles. The molecule has 3 aliphatic rings. The van der Waals surface area contributed by atoms with Crippen LogP contribution in [0.5, 0.6) is 0 Å². The zero-order valence-electron chi connectivity index (χ0n) is 29.7. The van der Waals surface area contributed by atoms with Gasteiger partial charge in [0.25, 0.3) is 0 Å². The highest BCUT2D eigenvalue weighted by Gasteiger charge is 2.37. The molecule has 1 heteroatoms. The van der Waals surface area contributed by atoms with Crippen LogP contribution in [0, 0.1) is 0 Å². The van der Waals surface area contributed by atoms with Crippen molar-refractivity contribution in [2.24, 2.45) is 0 Å². The first kappa shape index (κ1) is 30.4. The fraction of sp³-hybridized carbons (Fsp3) is 0.115. The van der Waals surface area contributed by atoms with Crippen molar-refractivity contribution < 1.29 is 0 Å². The van der Waals surface area contributed by atoms with Crippen molar-refractivity contribution in [3.8, 4) is 22.3 Å². The van der Waals surface area contributed by atoms with Gasteiger partial charge < -0.3 is 4.90 Å². The molecule has 8 aromatic carbocycles. The van der Waals surface area contributed by atoms with E-state index in [0.29, 0.717) is 5.92 Å². The summed E-state index contributed by atoms with van der Waals surface area (Å²) in [6.45, 7) is 0. The van der Waals surface area contributed by atoms with E-state index in [1.54, 1.807) is 11.1 Å². The number of allylic oxidation sites excluding steroid dienone is 4. The fourth-order valence-electron chi connectivity index (χ4n) is 9.63. The van der Waals surface area contributed by atoms with Crippen molar-refractivity contribution >= 4 is 55.0 Å². The lowest BCUT2D eigenvalue weighted by atomic mass is 9.81. The number of hydrogen-bond acceptors (Lipinski definition) is 1. The summed E-state index contributed by atoms with van der Waals surface area (Å²) in [5, 5.41) is 7.69. The van der Waals surface area contributed by atoms with Gasteiger partial charge in [0, 0.05) is 23.0 Å². The van der Waals surface area contributed by atoms with E-state index in [1.807, 2.05) is 0 Å². The summed E-state index contributed by atoms with van der Waals surface area (Å²) in [5.41, 5.74) is 16.2. The summed E-state index contributed by atoms with van der Waals surface area (Å²) in [6, 6.07) is 58.9. The Morgan fingerprint density at radius 1 is 0.453 bits per heavy atom. The third kappa shape index (κ3) is 4.99. The van der Waals surface area contributed by atoms with E-state index >= 15 is 0 Å². The molecule has 1 nitrogen and oxygen atoms in total. The molecule has 0 spiro atoms. The smallest absolute Gasteiger partial charge is 0.0470 e. The fourth-order valence-corrected chi connectivity index (χ4v) is 9.63. The largest absolute Gasteiger partial charge is 0.310 e. The first-order chi connectivity index (χ1) is 26.3. The Balaban J connectivity index is 1.08. The third-order valence-corrected chi connectivity index (χ3v) is 12.1. The number of aryl methyl sites for hydroxylation is 1. The van der Waals surface area contributed by atoms with Crippen LogP contribution in [0.1, 0.15) is 48.3 Å². The van der Waals surface area contributed by atoms with E-state index in [-0.39, 0.29) is 0 Å². The molecule has 0 bridgehead atoms. The van der Waals surface area contributed by atoms with Crippen molar-refractivity contribution in [2.45, 2.75) is 38.0 Å². The standard InChI is InChI=1S/C52H39N/c1-3-16-44-34(10-1)12-8-20-45(44)36-26-28-41(29-27-36)53(43-31-40-14-9-21-49-47-18-5-6-19-48(47)51(33-43)52(40)49)42-15-7-13-38(30-42)39-25-24-37-23-22-35-11-2-4-17-46(35)50(37)32-39/h1-4,7-8,10-13,15-20,22-33,49H,5-6,9,14,21H2. The highest BCUT2D eigenvalue weighted by atomic mass is 15.1. The van der Waals surface area contributed by atoms with Crippen LogP contribution in [0.3, 0.4) is 0 Å². The molecule has 0 amide bonds. The van der Waals surface area contributed by atoms with Gasteiger partial charge in [0.2, 0.25) is 0 Å². The monoisotopic (exact) mass is 677 g/mol. The summed E-state index contributed by atoms with van der Waals surface area (Å²) in [6.07, 6.45) is 11.0. The first-order valence-corrected chi connectivity index (χ1v) is 19.2. The highest BCUT2D eigenvalue weighted by molar-refractivity contribution is 6.09. The Morgan fingerprint density at radius 3 is 2.04 bits per heavy atom. The van der Waals surface area contributed by atoms with E-state index in [4.69, 9.17) is 0 Å². The molecule has 53 heavy (non-hydrogen) atoms. The highest BCUT2D eigenvalue weighted by Crippen LogP contribution is 2.55. The van der Waals surface area contributed by atoms with Gasteiger partial charge in [-0.2, -0.15) is 0 Å². The van der Waals surface area contributed by atoms with Gasteiger partial charge in [0.1, 0.15) is 0 Å². The minimum absolute atomic E-state index is 0.565. The molecule has 1 atom stereocenters. The Kier molecular flexibility index (Phi) is 7.01. The molecular formula is C52H39N. The zero-order chi connectivity index (χ0) is 34.9. The van der Waals surface area contributed by atoms with E-state index in [0.717, 1.165) is 19.3 Å². The summed E-state index contributed by atoms with van der Waals surface area (Å²) >= 11 is 0. The van der Waals surface area contributed by atoms with E-state index in [9.17, 15) is 0 Å². The maximum absolute atomic E-state index is 2.54. The summed E-state index contributed by atoms with van der Waals surface area (Å²) in [5.74, 6) is 0.565. The Morgan fingerprint density at radius 2 is 1.15 bits per heavy atom. The number of benzene rings is 8. The van der Waals surface area contributed by atoms with Gasteiger partial charge in [-0.25, -0.2) is 0 Å². The van der Waals surface area contributed by atoms with E-state index in [1.165, 1.54) is 101 Å². The molecule has 252 valence electrons. The average Bonchev–Trinajstić information content (AvgIpc) is 3.55. The van der Waals surface area contributed by atoms with Crippen LogP contribution < -0.4 is 4.90 Å². The molecule has 0 heterocycles. The van der Waals surface area contributed by atoms with Crippen LogP contribution in [0.15, 0.2) is 175 Å². The van der Waals surface area contributed by atoms with Gasteiger partial charge in [-0.05, 0) is 157 Å². The quantitative estimate of drug-likeness (QED) is 0.164. The summed E-state index contributed by atoms with van der Waals surface area (Å²) in [7, 11) is 0. The van der Waals surface area contributed by atoms with Crippen LogP contribution in [0.4, 0.5) is 17.1 Å². The number of rotatable bonds is 5. The van der Waals surface area contributed by atoms with Crippen LogP contribution >= 0.6 is 0 Å². The van der Waals surface area contributed by atoms with Gasteiger partial charge in [-0.1, -0.05) is 127 Å². The second kappa shape index (κ2) is 12.2. The Bertz CT molecular complexity index is 2810. The molecule has 0 N–H and O–H groups in total. The Hall–Kier alpha value is -6.18. The zero-order valence-corrected chi connectivity index (χ0v) is 29.7. The van der Waals surface area contributed by atoms with Gasteiger partial charge in [-0.3, -0.25) is 0 Å². The maximum Gasteiger partial charge on any atom is 0.0470 e. The molecule has 0 saturated heterocycles. The van der Waals surface area contributed by atoms with Gasteiger partial charge >= 0.3 is 0 Å². The van der Waals surface area contributed by atoms with Crippen LogP contribution in [-0.2, 0) is 6.42 Å². The van der Waals surface area contributed by atoms with Crippen LogP contribution in [-0.4, -0.2) is 0 Å². The lowest BCUT2D eigenvalue weighted by Crippen LogP contribution is -2.13. The van der Waals surface area contributed by atoms with Crippen molar-refractivity contribution in [3.05, 3.63) is 192 Å². The second-order valence-electron chi connectivity index (χ2n) is 15.0. The number of hydrogen-bond donors (Lipinski definition) is 0. The van der Waals surface area contributed by atoms with E-state index in [2.05, 4.69) is 175 Å². The topological polar surface area (TPSA) is 3.24 Å². The molecular weight excluding hydrogens is 639 g/mol. The molecule has 11 rings (SSSR count). The van der Waals surface area contributed by atoms with Crippen LogP contribution in [0.2, 0.25) is 0 Å². The summed E-state index contributed by atoms with van der Waals surface area (Å²) < 4.78 is 0. The van der Waals surface area contributed by atoms with Crippen molar-refractivity contribution in [2.75, 3.05) is 4.90 Å². The Labute approximate surface area is 311 Å².